The molecule has 0 radical (unpaired) electrons. The molecule has 2 rings (SSSR count). The predicted octanol–water partition coefficient (Wildman–Crippen LogP) is 4.00. The van der Waals surface area contributed by atoms with E-state index in [4.69, 9.17) is 4.74 Å². The fraction of sp³-hybridized carbons (Fsp3) is 0.429. The molecule has 0 aliphatic heterocycles. The first-order valence-electron chi connectivity index (χ1n) is 6.06. The molecule has 94 valence electrons. The van der Waals surface area contributed by atoms with Crippen LogP contribution in [0.3, 0.4) is 0 Å². The lowest BCUT2D eigenvalue weighted by molar-refractivity contribution is 0.415. The molecule has 2 aromatic rings. The van der Waals surface area contributed by atoms with Gasteiger partial charge in [-0.05, 0) is 19.1 Å². The first-order chi connectivity index (χ1) is 8.31. The minimum absolute atomic E-state index is 0.825. The van der Waals surface area contributed by atoms with Crippen molar-refractivity contribution in [3.63, 3.8) is 0 Å². The van der Waals surface area contributed by atoms with Crippen LogP contribution in [0, 0.1) is 6.92 Å². The van der Waals surface area contributed by atoms with Crippen LogP contribution in [0.4, 0.5) is 0 Å². The Bertz CT molecular complexity index is 441. The van der Waals surface area contributed by atoms with Crippen molar-refractivity contribution in [3.8, 4) is 5.75 Å². The number of nitrogens with zero attached hydrogens (tertiary/aromatic N) is 2. The van der Waals surface area contributed by atoms with Gasteiger partial charge in [-0.3, -0.25) is 0 Å². The highest BCUT2D eigenvalue weighted by atomic mass is 16.5. The third-order valence-electron chi connectivity index (χ3n) is 2.04. The summed E-state index contributed by atoms with van der Waals surface area (Å²) >= 11 is 0. The van der Waals surface area contributed by atoms with E-state index in [0.717, 1.165) is 22.3 Å². The van der Waals surface area contributed by atoms with Gasteiger partial charge >= 0.3 is 0 Å². The quantitative estimate of drug-likeness (QED) is 0.748. The minimum atomic E-state index is 0.825. The van der Waals surface area contributed by atoms with Crippen LogP contribution in [0.1, 0.15) is 33.4 Å². The van der Waals surface area contributed by atoms with Crippen molar-refractivity contribution in [3.05, 3.63) is 30.2 Å². The number of aromatic nitrogens is 2. The van der Waals surface area contributed by atoms with E-state index in [9.17, 15) is 0 Å². The predicted molar refractivity (Wildman–Crippen MR) is 73.5 cm³/mol. The van der Waals surface area contributed by atoms with E-state index in [-0.39, 0.29) is 0 Å². The van der Waals surface area contributed by atoms with Crippen molar-refractivity contribution < 1.29 is 4.74 Å². The van der Waals surface area contributed by atoms with Gasteiger partial charge in [-0.2, -0.15) is 0 Å². The number of rotatable bonds is 1. The zero-order chi connectivity index (χ0) is 13.3. The standard InChI is InChI=1S/C10H10N2O.2C2H6/c1-7-9-4-3-8(13-2)5-10(9)12-6-11-7;2*1-2/h3-6H,1-2H3;2*1-2H3. The van der Waals surface area contributed by atoms with Gasteiger partial charge in [0.25, 0.3) is 0 Å². The topological polar surface area (TPSA) is 35.0 Å². The summed E-state index contributed by atoms with van der Waals surface area (Å²) in [5, 5.41) is 1.07. The number of fused-ring (bicyclic) bond motifs is 1. The summed E-state index contributed by atoms with van der Waals surface area (Å²) < 4.78 is 5.10. The fourth-order valence-corrected chi connectivity index (χ4v) is 1.30. The average molecular weight is 234 g/mol. The fourth-order valence-electron chi connectivity index (χ4n) is 1.30. The Hall–Kier alpha value is -1.64. The molecule has 0 bridgehead atoms. The summed E-state index contributed by atoms with van der Waals surface area (Å²) in [5.41, 5.74) is 1.92. The van der Waals surface area contributed by atoms with Gasteiger partial charge in [-0.1, -0.05) is 27.7 Å². The summed E-state index contributed by atoms with van der Waals surface area (Å²) in [7, 11) is 1.65. The Labute approximate surface area is 104 Å². The van der Waals surface area contributed by atoms with Crippen molar-refractivity contribution >= 4 is 10.9 Å². The van der Waals surface area contributed by atoms with Gasteiger partial charge in [0.05, 0.1) is 12.6 Å². The first kappa shape index (κ1) is 15.4. The molecular formula is C14H22N2O. The van der Waals surface area contributed by atoms with E-state index in [0.29, 0.717) is 0 Å². The van der Waals surface area contributed by atoms with E-state index < -0.39 is 0 Å². The summed E-state index contributed by atoms with van der Waals surface area (Å²) in [6, 6.07) is 5.80. The van der Waals surface area contributed by atoms with E-state index in [1.165, 1.54) is 0 Å². The van der Waals surface area contributed by atoms with Crippen LogP contribution in [0.5, 0.6) is 5.75 Å². The SMILES string of the molecule is CC.CC.COc1ccc2c(C)ncnc2c1. The Kier molecular flexibility index (Phi) is 7.68. The zero-order valence-corrected chi connectivity index (χ0v) is 11.6. The highest BCUT2D eigenvalue weighted by Gasteiger charge is 1.99. The first-order valence-corrected chi connectivity index (χ1v) is 6.06. The maximum absolute atomic E-state index is 5.10. The Balaban J connectivity index is 0.000000581. The largest absolute Gasteiger partial charge is 0.497 e. The Morgan fingerprint density at radius 2 is 1.65 bits per heavy atom. The summed E-state index contributed by atoms with van der Waals surface area (Å²) in [4.78, 5) is 8.27. The molecule has 0 amide bonds. The van der Waals surface area contributed by atoms with Crippen molar-refractivity contribution in [1.82, 2.24) is 9.97 Å². The maximum atomic E-state index is 5.10. The molecule has 0 saturated heterocycles. The van der Waals surface area contributed by atoms with Crippen LogP contribution < -0.4 is 4.74 Å². The number of aryl methyl sites for hydroxylation is 1. The van der Waals surface area contributed by atoms with Crippen LogP contribution in [0.2, 0.25) is 0 Å². The number of methoxy groups -OCH3 is 1. The molecule has 1 aromatic heterocycles. The summed E-state index contributed by atoms with van der Waals surface area (Å²) in [5.74, 6) is 0.825. The number of benzene rings is 1. The molecule has 0 spiro atoms. The lowest BCUT2D eigenvalue weighted by Gasteiger charge is -2.02. The van der Waals surface area contributed by atoms with Crippen molar-refractivity contribution in [2.75, 3.05) is 7.11 Å². The van der Waals surface area contributed by atoms with Gasteiger partial charge in [-0.15, -0.1) is 0 Å². The highest BCUT2D eigenvalue weighted by Crippen LogP contribution is 2.19. The van der Waals surface area contributed by atoms with Crippen LogP contribution in [0.25, 0.3) is 10.9 Å². The van der Waals surface area contributed by atoms with Crippen LogP contribution in [0.15, 0.2) is 24.5 Å². The van der Waals surface area contributed by atoms with Crippen LogP contribution in [-0.4, -0.2) is 17.1 Å². The molecule has 0 atom stereocenters. The average Bonchev–Trinajstić information content (AvgIpc) is 2.43. The molecule has 0 N–H and O–H groups in total. The molecular weight excluding hydrogens is 212 g/mol. The molecule has 0 aliphatic rings. The third kappa shape index (κ3) is 4.02. The summed E-state index contributed by atoms with van der Waals surface area (Å²) in [6.07, 6.45) is 1.57. The Morgan fingerprint density at radius 1 is 1.00 bits per heavy atom. The normalized spacial score (nSPS) is 8.59. The minimum Gasteiger partial charge on any atom is -0.497 e. The molecule has 3 heteroatoms. The van der Waals surface area contributed by atoms with Gasteiger partial charge in [0.1, 0.15) is 12.1 Å². The molecule has 0 fully saturated rings. The Morgan fingerprint density at radius 3 is 2.24 bits per heavy atom. The molecule has 1 aromatic carbocycles. The van der Waals surface area contributed by atoms with E-state index in [1.807, 2.05) is 52.8 Å². The van der Waals surface area contributed by atoms with Crippen molar-refractivity contribution in [1.29, 1.82) is 0 Å². The zero-order valence-electron chi connectivity index (χ0n) is 11.6. The monoisotopic (exact) mass is 234 g/mol. The van der Waals surface area contributed by atoms with Gasteiger partial charge in [-0.25, -0.2) is 9.97 Å². The smallest absolute Gasteiger partial charge is 0.121 e. The lowest BCUT2D eigenvalue weighted by atomic mass is 10.2. The van der Waals surface area contributed by atoms with Crippen LogP contribution in [-0.2, 0) is 0 Å². The summed E-state index contributed by atoms with van der Waals surface area (Å²) in [6.45, 7) is 9.97. The van der Waals surface area contributed by atoms with Crippen molar-refractivity contribution in [2.45, 2.75) is 34.6 Å². The molecule has 3 nitrogen and oxygen atoms in total. The second-order valence-corrected chi connectivity index (χ2v) is 2.84. The molecule has 0 aliphatic carbocycles. The van der Waals surface area contributed by atoms with Crippen molar-refractivity contribution in [2.24, 2.45) is 0 Å². The van der Waals surface area contributed by atoms with Gasteiger partial charge in [0.2, 0.25) is 0 Å². The van der Waals surface area contributed by atoms with E-state index in [2.05, 4.69) is 9.97 Å². The van der Waals surface area contributed by atoms with Gasteiger partial charge in [0, 0.05) is 17.1 Å². The molecule has 0 unspecified atom stereocenters. The van der Waals surface area contributed by atoms with E-state index >= 15 is 0 Å². The second-order valence-electron chi connectivity index (χ2n) is 2.84. The number of hydrogen-bond donors (Lipinski definition) is 0. The third-order valence-corrected chi connectivity index (χ3v) is 2.04. The number of hydrogen-bond acceptors (Lipinski definition) is 3. The molecule has 17 heavy (non-hydrogen) atoms. The van der Waals surface area contributed by atoms with E-state index in [1.54, 1.807) is 13.4 Å². The van der Waals surface area contributed by atoms with Crippen LogP contribution >= 0.6 is 0 Å². The molecule has 0 saturated carbocycles. The highest BCUT2D eigenvalue weighted by molar-refractivity contribution is 5.81. The lowest BCUT2D eigenvalue weighted by Crippen LogP contribution is -1.88. The maximum Gasteiger partial charge on any atom is 0.121 e. The number of ether oxygens (including phenoxy) is 1. The second kappa shape index (κ2) is 8.50. The van der Waals surface area contributed by atoms with Gasteiger partial charge < -0.3 is 4.74 Å². The van der Waals surface area contributed by atoms with Gasteiger partial charge in [0.15, 0.2) is 0 Å². The molecule has 1 heterocycles.